The van der Waals surface area contributed by atoms with Gasteiger partial charge in [0.1, 0.15) is 18.0 Å². The van der Waals surface area contributed by atoms with Crippen LogP contribution in [0.4, 0.5) is 9.18 Å². The van der Waals surface area contributed by atoms with Crippen molar-refractivity contribution in [3.8, 4) is 0 Å². The molecule has 5 nitrogen and oxygen atoms in total. The Bertz CT molecular complexity index is 498. The first kappa shape index (κ1) is 16.1. The standard InChI is InChI=1S/C14H19FN2O3/c1-14(2,3)20-13(18)17(4)9-10-5-6-11(8-16-19)12(15)7-10/h5-7H,8-9H2,1-4H3. The molecule has 0 saturated heterocycles. The third-order valence-electron chi connectivity index (χ3n) is 2.48. The summed E-state index contributed by atoms with van der Waals surface area (Å²) in [5.41, 5.74) is 0.282. The van der Waals surface area contributed by atoms with Gasteiger partial charge in [-0.1, -0.05) is 17.3 Å². The van der Waals surface area contributed by atoms with Crippen molar-refractivity contribution in [3.05, 3.63) is 40.1 Å². The fraction of sp³-hybridized carbons (Fsp3) is 0.500. The molecule has 0 fully saturated rings. The molecule has 1 aromatic rings. The van der Waals surface area contributed by atoms with Gasteiger partial charge in [0.25, 0.3) is 0 Å². The minimum absolute atomic E-state index is 0.200. The van der Waals surface area contributed by atoms with E-state index in [1.54, 1.807) is 33.9 Å². The van der Waals surface area contributed by atoms with Gasteiger partial charge in [0.15, 0.2) is 0 Å². The molecule has 0 aromatic heterocycles. The summed E-state index contributed by atoms with van der Waals surface area (Å²) in [5, 5.41) is 2.65. The van der Waals surface area contributed by atoms with E-state index in [9.17, 15) is 14.1 Å². The van der Waals surface area contributed by atoms with E-state index in [0.29, 0.717) is 5.56 Å². The lowest BCUT2D eigenvalue weighted by Crippen LogP contribution is -2.33. The van der Waals surface area contributed by atoms with E-state index in [1.807, 2.05) is 0 Å². The van der Waals surface area contributed by atoms with Crippen molar-refractivity contribution in [2.24, 2.45) is 5.18 Å². The average Bonchev–Trinajstić information content (AvgIpc) is 2.30. The van der Waals surface area contributed by atoms with Gasteiger partial charge in [-0.15, -0.1) is 0 Å². The van der Waals surface area contributed by atoms with Crippen molar-refractivity contribution in [1.29, 1.82) is 0 Å². The van der Waals surface area contributed by atoms with Crippen molar-refractivity contribution < 1.29 is 13.9 Å². The number of nitrogens with zero attached hydrogens (tertiary/aromatic N) is 2. The maximum absolute atomic E-state index is 13.6. The van der Waals surface area contributed by atoms with Crippen molar-refractivity contribution >= 4 is 6.09 Å². The van der Waals surface area contributed by atoms with Gasteiger partial charge in [0.05, 0.1) is 0 Å². The second-order valence-corrected chi connectivity index (χ2v) is 5.55. The molecule has 20 heavy (non-hydrogen) atoms. The third-order valence-corrected chi connectivity index (χ3v) is 2.48. The van der Waals surface area contributed by atoms with Crippen LogP contribution in [-0.2, 0) is 17.8 Å². The quantitative estimate of drug-likeness (QED) is 0.794. The zero-order valence-corrected chi connectivity index (χ0v) is 12.1. The molecule has 0 aliphatic heterocycles. The summed E-state index contributed by atoms with van der Waals surface area (Å²) in [7, 11) is 1.58. The Hall–Kier alpha value is -1.98. The molecular formula is C14H19FN2O3. The number of nitroso groups, excluding NO2 is 1. The summed E-state index contributed by atoms with van der Waals surface area (Å²) < 4.78 is 18.8. The Morgan fingerprint density at radius 2 is 2.05 bits per heavy atom. The molecule has 110 valence electrons. The van der Waals surface area contributed by atoms with Gasteiger partial charge >= 0.3 is 6.09 Å². The number of benzene rings is 1. The first-order valence-electron chi connectivity index (χ1n) is 6.23. The molecule has 0 bridgehead atoms. The van der Waals surface area contributed by atoms with Crippen LogP contribution in [0.1, 0.15) is 31.9 Å². The number of rotatable bonds is 4. The lowest BCUT2D eigenvalue weighted by molar-refractivity contribution is 0.0285. The topological polar surface area (TPSA) is 59.0 Å². The van der Waals surface area contributed by atoms with Crippen LogP contribution >= 0.6 is 0 Å². The molecule has 0 unspecified atom stereocenters. The predicted molar refractivity (Wildman–Crippen MR) is 73.6 cm³/mol. The Morgan fingerprint density at radius 3 is 2.55 bits per heavy atom. The zero-order chi connectivity index (χ0) is 15.3. The molecule has 0 N–H and O–H groups in total. The molecule has 0 radical (unpaired) electrons. The van der Waals surface area contributed by atoms with Gasteiger partial charge in [0, 0.05) is 19.2 Å². The first-order valence-corrected chi connectivity index (χ1v) is 6.23. The summed E-state index contributed by atoms with van der Waals surface area (Å²) in [6.45, 7) is 5.35. The van der Waals surface area contributed by atoms with E-state index >= 15 is 0 Å². The predicted octanol–water partition coefficient (Wildman–Crippen LogP) is 3.46. The molecule has 0 atom stereocenters. The van der Waals surface area contributed by atoms with E-state index in [4.69, 9.17) is 4.74 Å². The molecule has 6 heteroatoms. The Morgan fingerprint density at radius 1 is 1.40 bits per heavy atom. The highest BCUT2D eigenvalue weighted by Crippen LogP contribution is 2.15. The van der Waals surface area contributed by atoms with E-state index in [-0.39, 0.29) is 18.7 Å². The zero-order valence-electron chi connectivity index (χ0n) is 12.1. The summed E-state index contributed by atoms with van der Waals surface area (Å²) >= 11 is 0. The third kappa shape index (κ3) is 4.95. The average molecular weight is 282 g/mol. The van der Waals surface area contributed by atoms with Gasteiger partial charge in [-0.25, -0.2) is 9.18 Å². The van der Waals surface area contributed by atoms with Crippen molar-refractivity contribution in [2.75, 3.05) is 7.05 Å². The lowest BCUT2D eigenvalue weighted by atomic mass is 10.1. The van der Waals surface area contributed by atoms with E-state index < -0.39 is 17.5 Å². The van der Waals surface area contributed by atoms with Crippen LogP contribution in [0.15, 0.2) is 23.4 Å². The molecular weight excluding hydrogens is 263 g/mol. The summed E-state index contributed by atoms with van der Waals surface area (Å²) in [4.78, 5) is 23.3. The first-order chi connectivity index (χ1) is 9.23. The number of hydrogen-bond acceptors (Lipinski definition) is 4. The summed E-state index contributed by atoms with van der Waals surface area (Å²) in [5.74, 6) is -0.500. The highest BCUT2D eigenvalue weighted by molar-refractivity contribution is 5.67. The minimum atomic E-state index is -0.573. The van der Waals surface area contributed by atoms with Crippen LogP contribution in [0.3, 0.4) is 0 Å². The molecule has 0 heterocycles. The van der Waals surface area contributed by atoms with Crippen molar-refractivity contribution in [1.82, 2.24) is 4.90 Å². The van der Waals surface area contributed by atoms with Crippen LogP contribution in [0.2, 0.25) is 0 Å². The Balaban J connectivity index is 2.71. The molecule has 1 rings (SSSR count). The van der Waals surface area contributed by atoms with Gasteiger partial charge in [-0.3, -0.25) is 0 Å². The number of halogens is 1. The van der Waals surface area contributed by atoms with E-state index in [2.05, 4.69) is 5.18 Å². The summed E-state index contributed by atoms with van der Waals surface area (Å²) in [6.07, 6.45) is -0.475. The van der Waals surface area contributed by atoms with Gasteiger partial charge in [-0.05, 0) is 32.4 Å². The van der Waals surface area contributed by atoms with Crippen LogP contribution in [0.5, 0.6) is 0 Å². The molecule has 0 aliphatic rings. The molecule has 1 aromatic carbocycles. The minimum Gasteiger partial charge on any atom is -0.444 e. The van der Waals surface area contributed by atoms with Crippen LogP contribution < -0.4 is 0 Å². The number of hydrogen-bond donors (Lipinski definition) is 0. The van der Waals surface area contributed by atoms with Crippen LogP contribution in [-0.4, -0.2) is 23.6 Å². The van der Waals surface area contributed by atoms with Crippen molar-refractivity contribution in [2.45, 2.75) is 39.5 Å². The Kier molecular flexibility index (Phi) is 5.19. The number of ether oxygens (including phenoxy) is 1. The second kappa shape index (κ2) is 6.45. The fourth-order valence-corrected chi connectivity index (χ4v) is 1.57. The normalized spacial score (nSPS) is 11.1. The summed E-state index contributed by atoms with van der Waals surface area (Å²) in [6, 6.07) is 4.45. The Labute approximate surface area is 117 Å². The monoisotopic (exact) mass is 282 g/mol. The van der Waals surface area contributed by atoms with Crippen LogP contribution in [0, 0.1) is 10.7 Å². The highest BCUT2D eigenvalue weighted by Gasteiger charge is 2.19. The molecule has 1 amide bonds. The SMILES string of the molecule is CN(Cc1ccc(CN=O)c(F)c1)C(=O)OC(C)(C)C. The fourth-order valence-electron chi connectivity index (χ4n) is 1.57. The van der Waals surface area contributed by atoms with Crippen LogP contribution in [0.25, 0.3) is 0 Å². The van der Waals surface area contributed by atoms with E-state index in [0.717, 1.165) is 0 Å². The molecule has 0 spiro atoms. The van der Waals surface area contributed by atoms with Gasteiger partial charge in [-0.2, -0.15) is 4.91 Å². The van der Waals surface area contributed by atoms with E-state index in [1.165, 1.54) is 17.0 Å². The maximum Gasteiger partial charge on any atom is 0.410 e. The molecule has 0 saturated carbocycles. The maximum atomic E-state index is 13.6. The number of amides is 1. The van der Waals surface area contributed by atoms with Gasteiger partial charge < -0.3 is 9.64 Å². The lowest BCUT2D eigenvalue weighted by Gasteiger charge is -2.24. The second-order valence-electron chi connectivity index (χ2n) is 5.55. The largest absolute Gasteiger partial charge is 0.444 e. The number of carbonyl (C=O) groups is 1. The van der Waals surface area contributed by atoms with Gasteiger partial charge in [0.2, 0.25) is 0 Å². The smallest absolute Gasteiger partial charge is 0.410 e. The number of carbonyl (C=O) groups excluding carboxylic acids is 1. The van der Waals surface area contributed by atoms with Crippen molar-refractivity contribution in [3.63, 3.8) is 0 Å². The molecule has 0 aliphatic carbocycles. The highest BCUT2D eigenvalue weighted by atomic mass is 19.1.